The molecule has 5 atom stereocenters. The topological polar surface area (TPSA) is 163 Å². The number of ether oxygens (including phenoxy) is 4. The summed E-state index contributed by atoms with van der Waals surface area (Å²) in [6.45, 7) is 24.9. The van der Waals surface area contributed by atoms with E-state index in [9.17, 15) is 24.0 Å². The fourth-order valence-corrected chi connectivity index (χ4v) is 7.27. The molecule has 404 valence electrons. The first-order valence-corrected chi connectivity index (χ1v) is 26.8. The number of aromatic hydroxyl groups is 1. The first-order chi connectivity index (χ1) is 35.2. The molecule has 0 fully saturated rings. The number of hydrogen-bond donors (Lipinski definition) is 2. The van der Waals surface area contributed by atoms with E-state index in [1.54, 1.807) is 39.8 Å². The van der Waals surface area contributed by atoms with Crippen LogP contribution in [0.4, 0.5) is 0 Å². The number of ketones is 4. The van der Waals surface area contributed by atoms with Gasteiger partial charge < -0.3 is 29.2 Å². The molecule has 0 aliphatic heterocycles. The predicted molar refractivity (Wildman–Crippen MR) is 301 cm³/mol. The Balaban J connectivity index is 0.000000463. The van der Waals surface area contributed by atoms with Crippen molar-refractivity contribution in [2.45, 2.75) is 115 Å². The number of carboxylic acids is 1. The average Bonchev–Trinajstić information content (AvgIpc) is 3.37. The highest BCUT2D eigenvalue weighted by molar-refractivity contribution is 9.09. The highest BCUT2D eigenvalue weighted by Crippen LogP contribution is 2.20. The van der Waals surface area contributed by atoms with E-state index in [-0.39, 0.29) is 58.5 Å². The maximum atomic E-state index is 11.4. The highest BCUT2D eigenvalue weighted by Gasteiger charge is 2.14. The zero-order chi connectivity index (χ0) is 55.6. The number of carbonyl (C=O) groups is 5. The third-order valence-corrected chi connectivity index (χ3v) is 12.3. The summed E-state index contributed by atoms with van der Waals surface area (Å²) >= 11 is 3.19. The van der Waals surface area contributed by atoms with Crippen molar-refractivity contribution in [3.8, 4) is 28.7 Å². The van der Waals surface area contributed by atoms with Gasteiger partial charge in [-0.25, -0.2) is 0 Å². The van der Waals surface area contributed by atoms with Gasteiger partial charge in [0.05, 0.1) is 37.7 Å². The van der Waals surface area contributed by atoms with Gasteiger partial charge in [0.2, 0.25) is 0 Å². The Bertz CT molecular complexity index is 2180. The second-order valence-electron chi connectivity index (χ2n) is 18.3. The van der Waals surface area contributed by atoms with Crippen LogP contribution in [0.3, 0.4) is 0 Å². The van der Waals surface area contributed by atoms with Crippen LogP contribution in [-0.2, 0) is 56.1 Å². The minimum atomic E-state index is -0.760. The Morgan fingerprint density at radius 2 is 0.608 bits per heavy atom. The second kappa shape index (κ2) is 37.5. The number of aliphatic carboxylic acids is 1. The fourth-order valence-electron chi connectivity index (χ4n) is 6.72. The summed E-state index contributed by atoms with van der Waals surface area (Å²) in [7, 11) is 0. The van der Waals surface area contributed by atoms with Crippen molar-refractivity contribution in [2.24, 2.45) is 29.6 Å². The van der Waals surface area contributed by atoms with Gasteiger partial charge in [0.25, 0.3) is 0 Å². The monoisotopic (exact) mass is 1080 g/mol. The lowest BCUT2D eigenvalue weighted by atomic mass is 9.98. The molecule has 0 heterocycles. The SMILES string of the molecule is CC(=O)[C@@H](C)Cc1ccc(O)cc1.CCOc1ccc(C[C@H](C)C(=O)CBr)cc1.CCOc1ccc(C[C@H](C)C(=O)O)cc1.CCOc1ccc(C[C@H](C)C(C)=O)cc1.CCOc1ccc(C[C@H](C)C(C)=O)cc1. The third kappa shape index (κ3) is 28.8. The Morgan fingerprint density at radius 3 is 0.811 bits per heavy atom. The van der Waals surface area contributed by atoms with Crippen LogP contribution in [0.15, 0.2) is 121 Å². The lowest BCUT2D eigenvalue weighted by Crippen LogP contribution is -2.14. The van der Waals surface area contributed by atoms with Crippen LogP contribution >= 0.6 is 15.9 Å². The fraction of sp³-hybridized carbons (Fsp3) is 0.435. The number of phenols is 1. The maximum absolute atomic E-state index is 11.4. The molecule has 0 radical (unpaired) electrons. The summed E-state index contributed by atoms with van der Waals surface area (Å²) < 4.78 is 21.3. The molecule has 0 spiro atoms. The van der Waals surface area contributed by atoms with Crippen LogP contribution in [0.25, 0.3) is 0 Å². The van der Waals surface area contributed by atoms with Crippen LogP contribution in [0.2, 0.25) is 0 Å². The maximum Gasteiger partial charge on any atom is 0.306 e. The molecule has 0 bridgehead atoms. The number of carbonyl (C=O) groups excluding carboxylic acids is 4. The summed E-state index contributed by atoms with van der Waals surface area (Å²) in [4.78, 5) is 55.2. The minimum absolute atomic E-state index is 0.0598. The Kier molecular flexibility index (Phi) is 33.3. The number of halogens is 1. The van der Waals surface area contributed by atoms with Crippen LogP contribution in [0.5, 0.6) is 28.7 Å². The van der Waals surface area contributed by atoms with Crippen LogP contribution < -0.4 is 18.9 Å². The molecule has 0 aliphatic carbocycles. The Hall–Kier alpha value is -6.27. The molecule has 2 N–H and O–H groups in total. The van der Waals surface area contributed by atoms with Gasteiger partial charge in [-0.3, -0.25) is 24.0 Å². The predicted octanol–water partition coefficient (Wildman–Crippen LogP) is 13.4. The van der Waals surface area contributed by atoms with Gasteiger partial charge in [-0.15, -0.1) is 0 Å². The van der Waals surface area contributed by atoms with Gasteiger partial charge in [0, 0.05) is 23.7 Å². The molecule has 0 aliphatic rings. The number of phenolic OH excluding ortho intramolecular Hbond substituents is 1. The normalized spacial score (nSPS) is 12.2. The lowest BCUT2D eigenvalue weighted by molar-refractivity contribution is -0.141. The smallest absolute Gasteiger partial charge is 0.306 e. The van der Waals surface area contributed by atoms with Crippen molar-refractivity contribution in [3.63, 3.8) is 0 Å². The first kappa shape index (κ1) is 65.7. The Labute approximate surface area is 450 Å². The van der Waals surface area contributed by atoms with Crippen molar-refractivity contribution in [1.82, 2.24) is 0 Å². The van der Waals surface area contributed by atoms with Crippen molar-refractivity contribution >= 4 is 45.0 Å². The number of hydrogen-bond acceptors (Lipinski definition) is 10. The highest BCUT2D eigenvalue weighted by atomic mass is 79.9. The summed E-state index contributed by atoms with van der Waals surface area (Å²) in [5, 5.41) is 18.2. The van der Waals surface area contributed by atoms with Gasteiger partial charge in [0.1, 0.15) is 51.9 Å². The first-order valence-electron chi connectivity index (χ1n) is 25.6. The number of Topliss-reactive ketones (excluding diaryl/α,β-unsaturated/α-hetero) is 4. The third-order valence-electron chi connectivity index (χ3n) is 11.8. The van der Waals surface area contributed by atoms with E-state index in [1.165, 1.54) is 16.7 Å². The molecule has 0 aromatic heterocycles. The number of benzene rings is 5. The molecule has 12 heteroatoms. The van der Waals surface area contributed by atoms with Crippen LogP contribution in [0, 0.1) is 29.6 Å². The van der Waals surface area contributed by atoms with E-state index < -0.39 is 5.97 Å². The van der Waals surface area contributed by atoms with E-state index in [1.807, 2.05) is 165 Å². The van der Waals surface area contributed by atoms with E-state index in [4.69, 9.17) is 29.2 Å². The van der Waals surface area contributed by atoms with Crippen LogP contribution in [-0.4, -0.2) is 71.1 Å². The molecule has 74 heavy (non-hydrogen) atoms. The molecule has 0 unspecified atom stereocenters. The van der Waals surface area contributed by atoms with Gasteiger partial charge in [-0.2, -0.15) is 0 Å². The number of carboxylic acid groups (broad SMARTS) is 1. The lowest BCUT2D eigenvalue weighted by Gasteiger charge is -2.09. The summed E-state index contributed by atoms with van der Waals surface area (Å²) in [5.41, 5.74) is 5.64. The summed E-state index contributed by atoms with van der Waals surface area (Å²) in [6, 6.07) is 38.3. The van der Waals surface area contributed by atoms with E-state index >= 15 is 0 Å². The van der Waals surface area contributed by atoms with Gasteiger partial charge >= 0.3 is 5.97 Å². The number of rotatable bonds is 24. The van der Waals surface area contributed by atoms with E-state index in [0.717, 1.165) is 59.8 Å². The van der Waals surface area contributed by atoms with Crippen molar-refractivity contribution in [3.05, 3.63) is 149 Å². The molecule has 5 aromatic rings. The molecule has 0 saturated carbocycles. The largest absolute Gasteiger partial charge is 0.508 e. The van der Waals surface area contributed by atoms with Crippen LogP contribution in [0.1, 0.15) is 111 Å². The minimum Gasteiger partial charge on any atom is -0.508 e. The molecule has 11 nitrogen and oxygen atoms in total. The molecule has 5 aromatic carbocycles. The van der Waals surface area contributed by atoms with E-state index in [0.29, 0.717) is 38.2 Å². The molecule has 5 rings (SSSR count). The van der Waals surface area contributed by atoms with Gasteiger partial charge in [-0.1, -0.05) is 111 Å². The van der Waals surface area contributed by atoms with Crippen molar-refractivity contribution in [2.75, 3.05) is 31.8 Å². The summed E-state index contributed by atoms with van der Waals surface area (Å²) in [6.07, 6.45) is 3.71. The summed E-state index contributed by atoms with van der Waals surface area (Å²) in [5.74, 6) is 3.89. The van der Waals surface area contributed by atoms with Crippen molar-refractivity contribution in [1.29, 1.82) is 0 Å². The second-order valence-corrected chi connectivity index (χ2v) is 18.8. The quantitative estimate of drug-likeness (QED) is 0.0566. The van der Waals surface area contributed by atoms with Crippen molar-refractivity contribution < 1.29 is 53.1 Å². The Morgan fingerprint density at radius 1 is 0.392 bits per heavy atom. The molecular weight excluding hydrogens is 1000 g/mol. The number of alkyl halides is 1. The zero-order valence-corrected chi connectivity index (χ0v) is 47.5. The zero-order valence-electron chi connectivity index (χ0n) is 46.0. The van der Waals surface area contributed by atoms with E-state index in [2.05, 4.69) is 15.9 Å². The molecular formula is C62H83BrO11. The van der Waals surface area contributed by atoms with Gasteiger partial charge in [0.15, 0.2) is 0 Å². The average molecular weight is 1080 g/mol. The standard InChI is InChI=1S/C13H17BrO2.2C13H18O2.C12H16O3.C11H14O2/c1-3-16-12-6-4-11(5-7-12)8-10(2)13(15)9-14;2*1-4-15-13-7-5-12(6-8-13)9-10(2)11(3)14;1-3-15-11-6-4-10(5-7-11)8-9(2)12(13)14;1-8(9(2)12)7-10-3-5-11(13)6-4-10/h4-7,10H,3,8-9H2,1-2H3;2*5-8,10H,4,9H2,1-3H3;4-7,9H,3,8H2,1-2H3,(H,13,14);3-6,8,13H,7H2,1-2H3/t3*10-;9-;8-/m00000/s1. The molecule has 0 saturated heterocycles. The van der Waals surface area contributed by atoms with Gasteiger partial charge in [-0.05, 0) is 169 Å². The molecule has 0 amide bonds.